The van der Waals surface area contributed by atoms with Crippen LogP contribution in [0.1, 0.15) is 16.7 Å². The smallest absolute Gasteiger partial charge is 0.233 e. The Kier molecular flexibility index (Phi) is 6.43. The molecule has 3 aromatic carbocycles. The van der Waals surface area contributed by atoms with Crippen LogP contribution in [0.3, 0.4) is 0 Å². The maximum Gasteiger partial charge on any atom is 0.233 e. The Morgan fingerprint density at radius 2 is 1.23 bits per heavy atom. The van der Waals surface area contributed by atoms with E-state index in [2.05, 4.69) is 25.6 Å². The molecule has 0 aliphatic carbocycles. The standard InChI is InChI=1S/C24H22FN5S/c1-16-7-11-19(12-8-16)26-22-28-23(27-20-13-9-17(2)10-14-20)30-24(29-22)31-15-18-5-3-4-6-21(18)25/h3-14H,15H2,1-2H3,(H2,26,27,28,29,30). The molecule has 31 heavy (non-hydrogen) atoms. The van der Waals surface area contributed by atoms with E-state index in [1.807, 2.05) is 68.4 Å². The van der Waals surface area contributed by atoms with Crippen LogP contribution in [0.5, 0.6) is 0 Å². The summed E-state index contributed by atoms with van der Waals surface area (Å²) in [5.41, 5.74) is 4.70. The minimum Gasteiger partial charge on any atom is -0.324 e. The number of aryl methyl sites for hydroxylation is 2. The third-order valence-corrected chi connectivity index (χ3v) is 5.44. The number of hydrogen-bond acceptors (Lipinski definition) is 6. The molecule has 1 aromatic heterocycles. The molecule has 0 saturated carbocycles. The van der Waals surface area contributed by atoms with Crippen molar-refractivity contribution >= 4 is 35.0 Å². The summed E-state index contributed by atoms with van der Waals surface area (Å²) in [4.78, 5) is 13.5. The third kappa shape index (κ3) is 5.79. The molecule has 0 unspecified atom stereocenters. The third-order valence-electron chi connectivity index (χ3n) is 4.54. The highest BCUT2D eigenvalue weighted by atomic mass is 32.2. The maximum absolute atomic E-state index is 14.0. The lowest BCUT2D eigenvalue weighted by Gasteiger charge is -2.11. The van der Waals surface area contributed by atoms with Crippen LogP contribution >= 0.6 is 11.8 Å². The topological polar surface area (TPSA) is 62.7 Å². The van der Waals surface area contributed by atoms with Gasteiger partial charge in [0, 0.05) is 17.1 Å². The van der Waals surface area contributed by atoms with Crippen LogP contribution in [0.25, 0.3) is 0 Å². The lowest BCUT2D eigenvalue weighted by atomic mass is 10.2. The van der Waals surface area contributed by atoms with Crippen LogP contribution in [-0.4, -0.2) is 15.0 Å². The molecule has 4 aromatic rings. The van der Waals surface area contributed by atoms with Gasteiger partial charge in [-0.25, -0.2) is 4.39 Å². The van der Waals surface area contributed by atoms with Crippen LogP contribution in [0.15, 0.2) is 78.0 Å². The van der Waals surface area contributed by atoms with E-state index >= 15 is 0 Å². The molecular formula is C24H22FN5S. The van der Waals surface area contributed by atoms with Crippen molar-refractivity contribution in [3.63, 3.8) is 0 Å². The molecule has 4 rings (SSSR count). The van der Waals surface area contributed by atoms with Crippen molar-refractivity contribution in [3.05, 3.63) is 95.3 Å². The Balaban J connectivity index is 1.59. The number of halogens is 1. The lowest BCUT2D eigenvalue weighted by molar-refractivity contribution is 0.617. The summed E-state index contributed by atoms with van der Waals surface area (Å²) < 4.78 is 14.0. The first-order valence-electron chi connectivity index (χ1n) is 9.85. The second kappa shape index (κ2) is 9.57. The van der Waals surface area contributed by atoms with Crippen molar-refractivity contribution in [1.29, 1.82) is 0 Å². The van der Waals surface area contributed by atoms with Gasteiger partial charge in [0.2, 0.25) is 11.9 Å². The molecule has 7 heteroatoms. The van der Waals surface area contributed by atoms with Gasteiger partial charge >= 0.3 is 0 Å². The molecule has 0 saturated heterocycles. The molecule has 0 fully saturated rings. The number of rotatable bonds is 7. The Bertz CT molecular complexity index is 1100. The van der Waals surface area contributed by atoms with Gasteiger partial charge in [0.1, 0.15) is 5.82 Å². The van der Waals surface area contributed by atoms with E-state index in [0.29, 0.717) is 28.4 Å². The first-order chi connectivity index (χ1) is 15.0. The van der Waals surface area contributed by atoms with Gasteiger partial charge in [-0.1, -0.05) is 65.4 Å². The minimum atomic E-state index is -0.236. The Morgan fingerprint density at radius 3 is 1.74 bits per heavy atom. The second-order valence-corrected chi connectivity index (χ2v) is 8.07. The fraction of sp³-hybridized carbons (Fsp3) is 0.125. The number of nitrogens with zero attached hydrogens (tertiary/aromatic N) is 3. The van der Waals surface area contributed by atoms with E-state index < -0.39 is 0 Å². The molecule has 5 nitrogen and oxygen atoms in total. The summed E-state index contributed by atoms with van der Waals surface area (Å²) in [6, 6.07) is 22.7. The molecule has 0 aliphatic rings. The molecule has 0 amide bonds. The van der Waals surface area contributed by atoms with Gasteiger partial charge in [-0.2, -0.15) is 15.0 Å². The highest BCUT2D eigenvalue weighted by Crippen LogP contribution is 2.25. The van der Waals surface area contributed by atoms with Crippen molar-refractivity contribution in [2.75, 3.05) is 10.6 Å². The van der Waals surface area contributed by atoms with Gasteiger partial charge in [0.05, 0.1) is 0 Å². The van der Waals surface area contributed by atoms with Crippen molar-refractivity contribution in [1.82, 2.24) is 15.0 Å². The highest BCUT2D eigenvalue weighted by molar-refractivity contribution is 7.98. The Labute approximate surface area is 185 Å². The molecular weight excluding hydrogens is 409 g/mol. The van der Waals surface area contributed by atoms with Crippen LogP contribution in [0, 0.1) is 19.7 Å². The highest BCUT2D eigenvalue weighted by Gasteiger charge is 2.10. The summed E-state index contributed by atoms with van der Waals surface area (Å²) in [7, 11) is 0. The summed E-state index contributed by atoms with van der Waals surface area (Å²) in [6.45, 7) is 4.07. The summed E-state index contributed by atoms with van der Waals surface area (Å²) >= 11 is 1.36. The minimum absolute atomic E-state index is 0.236. The SMILES string of the molecule is Cc1ccc(Nc2nc(Nc3ccc(C)cc3)nc(SCc3ccccc3F)n2)cc1. The van der Waals surface area contributed by atoms with Gasteiger partial charge in [0.15, 0.2) is 5.16 Å². The Morgan fingerprint density at radius 1 is 0.710 bits per heavy atom. The normalized spacial score (nSPS) is 10.7. The van der Waals surface area contributed by atoms with E-state index in [1.54, 1.807) is 12.1 Å². The van der Waals surface area contributed by atoms with E-state index in [0.717, 1.165) is 11.4 Å². The zero-order valence-corrected chi connectivity index (χ0v) is 18.1. The van der Waals surface area contributed by atoms with Crippen molar-refractivity contribution in [3.8, 4) is 0 Å². The predicted octanol–water partition coefficient (Wildman–Crippen LogP) is 6.41. The van der Waals surface area contributed by atoms with Gasteiger partial charge in [-0.15, -0.1) is 0 Å². The summed E-state index contributed by atoms with van der Waals surface area (Å²) in [5.74, 6) is 1.03. The Hall–Kier alpha value is -3.45. The fourth-order valence-corrected chi connectivity index (χ4v) is 3.64. The number of benzene rings is 3. The quantitative estimate of drug-likeness (QED) is 0.330. The van der Waals surface area contributed by atoms with Crippen molar-refractivity contribution in [2.24, 2.45) is 0 Å². The molecule has 0 atom stereocenters. The molecule has 0 spiro atoms. The van der Waals surface area contributed by atoms with E-state index in [4.69, 9.17) is 0 Å². The second-order valence-electron chi connectivity index (χ2n) is 7.13. The zero-order valence-electron chi connectivity index (χ0n) is 17.3. The number of anilines is 4. The maximum atomic E-state index is 14.0. The molecule has 2 N–H and O–H groups in total. The average molecular weight is 432 g/mol. The zero-order chi connectivity index (χ0) is 21.6. The molecule has 0 radical (unpaired) electrons. The monoisotopic (exact) mass is 431 g/mol. The van der Waals surface area contributed by atoms with E-state index in [1.165, 1.54) is 29.0 Å². The molecule has 156 valence electrons. The van der Waals surface area contributed by atoms with Crippen molar-refractivity contribution in [2.45, 2.75) is 24.8 Å². The average Bonchev–Trinajstić information content (AvgIpc) is 2.76. The van der Waals surface area contributed by atoms with Gasteiger partial charge in [-0.05, 0) is 49.7 Å². The largest absolute Gasteiger partial charge is 0.324 e. The van der Waals surface area contributed by atoms with Gasteiger partial charge in [-0.3, -0.25) is 0 Å². The van der Waals surface area contributed by atoms with Gasteiger partial charge in [0.25, 0.3) is 0 Å². The number of thioether (sulfide) groups is 1. The lowest BCUT2D eigenvalue weighted by Crippen LogP contribution is -2.05. The van der Waals surface area contributed by atoms with Crippen LogP contribution in [-0.2, 0) is 5.75 Å². The number of aromatic nitrogens is 3. The fourth-order valence-electron chi connectivity index (χ4n) is 2.82. The predicted molar refractivity (Wildman–Crippen MR) is 125 cm³/mol. The molecule has 0 aliphatic heterocycles. The van der Waals surface area contributed by atoms with E-state index in [9.17, 15) is 4.39 Å². The van der Waals surface area contributed by atoms with E-state index in [-0.39, 0.29) is 5.82 Å². The summed E-state index contributed by atoms with van der Waals surface area (Å²) in [6.07, 6.45) is 0. The van der Waals surface area contributed by atoms with Crippen LogP contribution < -0.4 is 10.6 Å². The van der Waals surface area contributed by atoms with Crippen LogP contribution in [0.4, 0.5) is 27.7 Å². The van der Waals surface area contributed by atoms with Gasteiger partial charge < -0.3 is 10.6 Å². The first-order valence-corrected chi connectivity index (χ1v) is 10.8. The first kappa shape index (κ1) is 20.8. The van der Waals surface area contributed by atoms with Crippen LogP contribution in [0.2, 0.25) is 0 Å². The molecule has 1 heterocycles. The molecule has 0 bridgehead atoms. The number of hydrogen-bond donors (Lipinski definition) is 2. The number of nitrogens with one attached hydrogen (secondary N) is 2. The summed E-state index contributed by atoms with van der Waals surface area (Å²) in [5, 5.41) is 6.96. The van der Waals surface area contributed by atoms with Crippen molar-refractivity contribution < 1.29 is 4.39 Å².